The normalized spacial score (nSPS) is 10.8. The summed E-state index contributed by atoms with van der Waals surface area (Å²) in [4.78, 5) is 1.48. The summed E-state index contributed by atoms with van der Waals surface area (Å²) in [6.07, 6.45) is 0. The third-order valence-corrected chi connectivity index (χ3v) is 6.09. The van der Waals surface area contributed by atoms with Gasteiger partial charge in [0.25, 0.3) is 0 Å². The summed E-state index contributed by atoms with van der Waals surface area (Å²) in [6, 6.07) is 20.5. The van der Waals surface area contributed by atoms with Crippen molar-refractivity contribution >= 4 is 11.3 Å². The predicted octanol–water partition coefficient (Wildman–Crippen LogP) is 7.30. The predicted molar refractivity (Wildman–Crippen MR) is 138 cm³/mol. The topological polar surface area (TPSA) is 36.9 Å². The van der Waals surface area contributed by atoms with Crippen molar-refractivity contribution in [3.63, 3.8) is 0 Å². The van der Waals surface area contributed by atoms with Gasteiger partial charge < -0.3 is 18.9 Å². The van der Waals surface area contributed by atoms with E-state index in [1.54, 1.807) is 7.11 Å². The molecule has 0 amide bonds. The second-order valence-corrected chi connectivity index (χ2v) is 9.26. The molecule has 3 rings (SSSR count). The van der Waals surface area contributed by atoms with E-state index in [-0.39, 0.29) is 0 Å². The third kappa shape index (κ3) is 10.9. The van der Waals surface area contributed by atoms with Crippen molar-refractivity contribution < 1.29 is 18.9 Å². The van der Waals surface area contributed by atoms with E-state index >= 15 is 0 Å². The van der Waals surface area contributed by atoms with Gasteiger partial charge in [-0.05, 0) is 58.7 Å². The molecule has 5 heteroatoms. The Bertz CT molecular complexity index is 856. The van der Waals surface area contributed by atoms with E-state index in [0.717, 1.165) is 17.1 Å². The average Bonchev–Trinajstić information content (AvgIpc) is 3.37. The van der Waals surface area contributed by atoms with Gasteiger partial charge in [0, 0.05) is 12.0 Å². The van der Waals surface area contributed by atoms with Crippen LogP contribution in [0.15, 0.2) is 66.0 Å². The highest BCUT2D eigenvalue weighted by Gasteiger charge is 2.01. The molecule has 0 aliphatic heterocycles. The van der Waals surface area contributed by atoms with Crippen molar-refractivity contribution in [3.8, 4) is 11.5 Å². The average molecular weight is 471 g/mol. The van der Waals surface area contributed by atoms with Crippen molar-refractivity contribution in [2.75, 3.05) is 33.5 Å². The number of methoxy groups -OCH3 is 1. The van der Waals surface area contributed by atoms with Crippen molar-refractivity contribution in [2.24, 2.45) is 0 Å². The Balaban J connectivity index is 0.000000405. The SMILES string of the molecule is CC(C)c1cccs1.COCCOCCOc1ccc(COc2ccc(C(C)C)cc2)cc1. The standard InChI is InChI=1S/C21H28O4.C7H10S/c1-17(2)19-6-10-21(11-7-19)25-16-18-4-8-20(9-5-18)24-15-14-23-13-12-22-3;1-6(2)7-4-3-5-8-7/h4-11,17H,12-16H2,1-3H3;3-6H,1-2H3. The Hall–Kier alpha value is -2.34. The molecule has 1 aromatic heterocycles. The molecule has 4 nitrogen and oxygen atoms in total. The molecule has 0 aliphatic rings. The molecule has 0 fully saturated rings. The minimum Gasteiger partial charge on any atom is -0.491 e. The van der Waals surface area contributed by atoms with Gasteiger partial charge in [0.15, 0.2) is 0 Å². The van der Waals surface area contributed by atoms with Gasteiger partial charge in [0.2, 0.25) is 0 Å². The van der Waals surface area contributed by atoms with Crippen LogP contribution in [0.2, 0.25) is 0 Å². The zero-order valence-corrected chi connectivity index (χ0v) is 21.4. The molecule has 0 N–H and O–H groups in total. The Morgan fingerprint density at radius 1 is 0.697 bits per heavy atom. The fourth-order valence-corrected chi connectivity index (χ4v) is 3.62. The largest absolute Gasteiger partial charge is 0.491 e. The third-order valence-electron chi connectivity index (χ3n) is 4.92. The summed E-state index contributed by atoms with van der Waals surface area (Å²) < 4.78 is 21.7. The lowest BCUT2D eigenvalue weighted by Gasteiger charge is -2.10. The molecule has 0 radical (unpaired) electrons. The van der Waals surface area contributed by atoms with Crippen molar-refractivity contribution in [3.05, 3.63) is 82.0 Å². The fraction of sp³-hybridized carbons (Fsp3) is 0.429. The summed E-state index contributed by atoms with van der Waals surface area (Å²) in [7, 11) is 1.66. The summed E-state index contributed by atoms with van der Waals surface area (Å²) in [5, 5.41) is 2.12. The Kier molecular flexibility index (Phi) is 12.6. The maximum absolute atomic E-state index is 5.83. The van der Waals surface area contributed by atoms with E-state index in [1.807, 2.05) is 47.7 Å². The van der Waals surface area contributed by atoms with Crippen LogP contribution in [0.3, 0.4) is 0 Å². The molecule has 180 valence electrons. The molecule has 0 unspecified atom stereocenters. The Morgan fingerprint density at radius 3 is 1.88 bits per heavy atom. The quantitative estimate of drug-likeness (QED) is 0.260. The zero-order valence-electron chi connectivity index (χ0n) is 20.6. The van der Waals surface area contributed by atoms with Crippen molar-refractivity contribution in [1.29, 1.82) is 0 Å². The van der Waals surface area contributed by atoms with E-state index in [0.29, 0.717) is 44.9 Å². The van der Waals surface area contributed by atoms with Gasteiger partial charge in [-0.2, -0.15) is 0 Å². The minimum atomic E-state index is 0.530. The molecule has 0 aliphatic carbocycles. The second-order valence-electron chi connectivity index (χ2n) is 8.28. The van der Waals surface area contributed by atoms with Crippen LogP contribution in [-0.4, -0.2) is 33.5 Å². The fourth-order valence-electron chi connectivity index (χ4n) is 2.88. The molecular weight excluding hydrogens is 432 g/mol. The highest BCUT2D eigenvalue weighted by molar-refractivity contribution is 7.10. The van der Waals surface area contributed by atoms with Crippen LogP contribution in [0.5, 0.6) is 11.5 Å². The molecule has 0 saturated heterocycles. The highest BCUT2D eigenvalue weighted by atomic mass is 32.1. The summed E-state index contributed by atoms with van der Waals surface area (Å²) in [6.45, 7) is 11.6. The van der Waals surface area contributed by atoms with Crippen molar-refractivity contribution in [1.82, 2.24) is 0 Å². The van der Waals surface area contributed by atoms with Crippen LogP contribution in [0, 0.1) is 0 Å². The first-order chi connectivity index (χ1) is 16.0. The minimum absolute atomic E-state index is 0.530. The number of ether oxygens (including phenoxy) is 4. The maximum atomic E-state index is 5.83. The van der Waals surface area contributed by atoms with Crippen LogP contribution in [0.4, 0.5) is 0 Å². The van der Waals surface area contributed by atoms with Gasteiger partial charge in [-0.1, -0.05) is 58.0 Å². The first-order valence-electron chi connectivity index (χ1n) is 11.5. The molecule has 0 atom stereocenters. The molecule has 0 saturated carbocycles. The Labute approximate surface area is 203 Å². The van der Waals surface area contributed by atoms with E-state index in [1.165, 1.54) is 10.4 Å². The van der Waals surface area contributed by atoms with Gasteiger partial charge in [0.05, 0.1) is 19.8 Å². The molecule has 0 spiro atoms. The van der Waals surface area contributed by atoms with Gasteiger partial charge in [-0.25, -0.2) is 0 Å². The van der Waals surface area contributed by atoms with Crippen LogP contribution < -0.4 is 9.47 Å². The Morgan fingerprint density at radius 2 is 1.33 bits per heavy atom. The number of rotatable bonds is 12. The smallest absolute Gasteiger partial charge is 0.119 e. The number of hydrogen-bond donors (Lipinski definition) is 0. The number of benzene rings is 2. The number of thiophene rings is 1. The summed E-state index contributed by atoms with van der Waals surface area (Å²) in [5.41, 5.74) is 2.43. The molecule has 2 aromatic carbocycles. The lowest BCUT2D eigenvalue weighted by atomic mass is 10.0. The van der Waals surface area contributed by atoms with Crippen LogP contribution in [0.1, 0.15) is 55.5 Å². The molecule has 33 heavy (non-hydrogen) atoms. The van der Waals surface area contributed by atoms with E-state index in [9.17, 15) is 0 Å². The summed E-state index contributed by atoms with van der Waals surface area (Å²) in [5.74, 6) is 2.96. The van der Waals surface area contributed by atoms with E-state index in [2.05, 4.69) is 57.3 Å². The van der Waals surface area contributed by atoms with Crippen molar-refractivity contribution in [2.45, 2.75) is 46.1 Å². The van der Waals surface area contributed by atoms with Gasteiger partial charge in [-0.15, -0.1) is 11.3 Å². The molecule has 3 aromatic rings. The van der Waals surface area contributed by atoms with E-state index < -0.39 is 0 Å². The number of hydrogen-bond acceptors (Lipinski definition) is 5. The first-order valence-corrected chi connectivity index (χ1v) is 12.4. The van der Waals surface area contributed by atoms with Gasteiger partial charge >= 0.3 is 0 Å². The molecule has 1 heterocycles. The van der Waals surface area contributed by atoms with Crippen LogP contribution in [0.25, 0.3) is 0 Å². The maximum Gasteiger partial charge on any atom is 0.119 e. The molecule has 0 bridgehead atoms. The second kappa shape index (κ2) is 15.5. The lowest BCUT2D eigenvalue weighted by molar-refractivity contribution is 0.0544. The van der Waals surface area contributed by atoms with Crippen LogP contribution in [-0.2, 0) is 16.1 Å². The van der Waals surface area contributed by atoms with Gasteiger partial charge in [-0.3, -0.25) is 0 Å². The molecular formula is C28H38O4S. The first kappa shape index (κ1) is 26.9. The highest BCUT2D eigenvalue weighted by Crippen LogP contribution is 2.20. The lowest BCUT2D eigenvalue weighted by Crippen LogP contribution is -2.10. The zero-order chi connectivity index (χ0) is 23.9. The van der Waals surface area contributed by atoms with Gasteiger partial charge in [0.1, 0.15) is 24.7 Å². The van der Waals surface area contributed by atoms with E-state index in [4.69, 9.17) is 18.9 Å². The van der Waals surface area contributed by atoms with Crippen LogP contribution >= 0.6 is 11.3 Å². The summed E-state index contributed by atoms with van der Waals surface area (Å²) >= 11 is 1.83. The monoisotopic (exact) mass is 470 g/mol.